The molecule has 3 heteroatoms. The van der Waals surface area contributed by atoms with Gasteiger partial charge < -0.3 is 9.84 Å². The van der Waals surface area contributed by atoms with Crippen molar-refractivity contribution in [1.29, 1.82) is 0 Å². The van der Waals surface area contributed by atoms with Crippen molar-refractivity contribution in [3.8, 4) is 5.75 Å². The van der Waals surface area contributed by atoms with E-state index in [9.17, 15) is 5.11 Å². The van der Waals surface area contributed by atoms with Crippen molar-refractivity contribution in [1.82, 2.24) is 0 Å². The summed E-state index contributed by atoms with van der Waals surface area (Å²) >= 11 is 1.77. The topological polar surface area (TPSA) is 29.5 Å². The summed E-state index contributed by atoms with van der Waals surface area (Å²) in [6.07, 6.45) is -0.386. The number of ether oxygens (including phenoxy) is 1. The molecule has 0 saturated carbocycles. The zero-order valence-corrected chi connectivity index (χ0v) is 11.0. The van der Waals surface area contributed by atoms with Crippen LogP contribution in [0.3, 0.4) is 0 Å². The van der Waals surface area contributed by atoms with Crippen LogP contribution in [0.4, 0.5) is 0 Å². The summed E-state index contributed by atoms with van der Waals surface area (Å²) in [6.45, 7) is 6.90. The van der Waals surface area contributed by atoms with Gasteiger partial charge in [-0.3, -0.25) is 0 Å². The first-order valence-electron chi connectivity index (χ1n) is 5.66. The predicted molar refractivity (Wildman–Crippen MR) is 70.2 cm³/mol. The maximum Gasteiger partial charge on any atom is 0.119 e. The fourth-order valence-electron chi connectivity index (χ4n) is 1.33. The minimum absolute atomic E-state index is 0.386. The highest BCUT2D eigenvalue weighted by molar-refractivity contribution is 7.99. The molecule has 0 fully saturated rings. The van der Waals surface area contributed by atoms with Crippen molar-refractivity contribution in [2.24, 2.45) is 0 Å². The molecule has 1 rings (SSSR count). The van der Waals surface area contributed by atoms with Gasteiger partial charge in [0.2, 0.25) is 0 Å². The van der Waals surface area contributed by atoms with E-state index in [-0.39, 0.29) is 6.10 Å². The van der Waals surface area contributed by atoms with Gasteiger partial charge in [-0.05, 0) is 29.9 Å². The van der Waals surface area contributed by atoms with E-state index in [1.807, 2.05) is 31.2 Å². The molecule has 0 aliphatic heterocycles. The number of thioether (sulfide) groups is 1. The molecule has 0 aliphatic carbocycles. The van der Waals surface area contributed by atoms with E-state index in [4.69, 9.17) is 4.74 Å². The molecule has 0 radical (unpaired) electrons. The molecule has 0 saturated heterocycles. The maximum absolute atomic E-state index is 9.93. The predicted octanol–water partition coefficient (Wildman–Crippen LogP) is 3.26. The first kappa shape index (κ1) is 13.4. The van der Waals surface area contributed by atoms with Gasteiger partial charge in [0, 0.05) is 5.75 Å². The summed E-state index contributed by atoms with van der Waals surface area (Å²) in [6, 6.07) is 7.66. The summed E-state index contributed by atoms with van der Waals surface area (Å²) in [7, 11) is 0. The van der Waals surface area contributed by atoms with Crippen molar-refractivity contribution < 1.29 is 9.84 Å². The Labute approximate surface area is 102 Å². The molecule has 16 heavy (non-hydrogen) atoms. The average Bonchev–Trinajstić information content (AvgIpc) is 2.27. The molecule has 0 heterocycles. The number of aliphatic hydroxyl groups is 1. The van der Waals surface area contributed by atoms with Crippen molar-refractivity contribution >= 4 is 11.8 Å². The molecule has 1 atom stereocenters. The fourth-order valence-corrected chi connectivity index (χ4v) is 2.09. The van der Waals surface area contributed by atoms with Crippen molar-refractivity contribution in [2.75, 3.05) is 12.4 Å². The van der Waals surface area contributed by atoms with Crippen LogP contribution in [0.15, 0.2) is 24.3 Å². The number of rotatable bonds is 6. The molecule has 0 aliphatic rings. The van der Waals surface area contributed by atoms with Crippen LogP contribution in [0.25, 0.3) is 0 Å². The van der Waals surface area contributed by atoms with Gasteiger partial charge in [0.05, 0.1) is 12.7 Å². The van der Waals surface area contributed by atoms with Crippen LogP contribution in [-0.4, -0.2) is 22.7 Å². The summed E-state index contributed by atoms with van der Waals surface area (Å²) < 4.78 is 5.35. The third kappa shape index (κ3) is 4.45. The van der Waals surface area contributed by atoms with E-state index in [2.05, 4.69) is 13.8 Å². The maximum atomic E-state index is 9.93. The highest BCUT2D eigenvalue weighted by Crippen LogP contribution is 2.22. The van der Waals surface area contributed by atoms with Crippen LogP contribution in [0, 0.1) is 0 Å². The first-order valence-corrected chi connectivity index (χ1v) is 6.70. The average molecular weight is 240 g/mol. The zero-order valence-electron chi connectivity index (χ0n) is 10.1. The van der Waals surface area contributed by atoms with Gasteiger partial charge in [0.15, 0.2) is 0 Å². The molecule has 90 valence electrons. The molecular formula is C13H20O2S. The first-order chi connectivity index (χ1) is 7.63. The Morgan fingerprint density at radius 2 is 1.88 bits per heavy atom. The minimum atomic E-state index is -0.386. The Hall–Kier alpha value is -0.670. The molecule has 0 aromatic heterocycles. The lowest BCUT2D eigenvalue weighted by molar-refractivity contribution is 0.204. The number of hydrogen-bond acceptors (Lipinski definition) is 3. The van der Waals surface area contributed by atoms with Crippen LogP contribution < -0.4 is 4.74 Å². The fraction of sp³-hybridized carbons (Fsp3) is 0.538. The normalized spacial score (nSPS) is 12.8. The third-order valence-corrected chi connectivity index (χ3v) is 3.34. The van der Waals surface area contributed by atoms with Crippen LogP contribution in [0.1, 0.15) is 32.4 Å². The molecule has 2 nitrogen and oxygen atoms in total. The third-order valence-electron chi connectivity index (χ3n) is 2.16. The Kier molecular flexibility index (Phi) is 5.71. The van der Waals surface area contributed by atoms with Gasteiger partial charge in [-0.15, -0.1) is 0 Å². The summed E-state index contributed by atoms with van der Waals surface area (Å²) in [5.74, 6) is 1.60. The van der Waals surface area contributed by atoms with E-state index in [0.29, 0.717) is 11.9 Å². The Morgan fingerprint density at radius 3 is 2.38 bits per heavy atom. The van der Waals surface area contributed by atoms with Crippen LogP contribution in [0.2, 0.25) is 0 Å². The standard InChI is InChI=1S/C13H20O2S/c1-4-15-12-7-5-11(6-8-12)13(14)9-16-10(2)3/h5-8,10,13-14H,4,9H2,1-3H3. The van der Waals surface area contributed by atoms with Crippen LogP contribution >= 0.6 is 11.8 Å². The summed E-state index contributed by atoms with van der Waals surface area (Å²) in [4.78, 5) is 0. The number of aliphatic hydroxyl groups excluding tert-OH is 1. The highest BCUT2D eigenvalue weighted by atomic mass is 32.2. The molecule has 1 aromatic carbocycles. The summed E-state index contributed by atoms with van der Waals surface area (Å²) in [5, 5.41) is 10.5. The Bertz CT molecular complexity index is 295. The molecular weight excluding hydrogens is 220 g/mol. The lowest BCUT2D eigenvalue weighted by Gasteiger charge is -2.13. The van der Waals surface area contributed by atoms with E-state index in [0.717, 1.165) is 17.1 Å². The minimum Gasteiger partial charge on any atom is -0.494 e. The van der Waals surface area contributed by atoms with Gasteiger partial charge in [-0.2, -0.15) is 11.8 Å². The molecule has 0 bridgehead atoms. The van der Waals surface area contributed by atoms with E-state index < -0.39 is 0 Å². The van der Waals surface area contributed by atoms with Gasteiger partial charge in [0.25, 0.3) is 0 Å². The molecule has 1 N–H and O–H groups in total. The highest BCUT2D eigenvalue weighted by Gasteiger charge is 2.08. The number of hydrogen-bond donors (Lipinski definition) is 1. The molecule has 0 spiro atoms. The second-order valence-corrected chi connectivity index (χ2v) is 5.51. The van der Waals surface area contributed by atoms with Crippen molar-refractivity contribution in [2.45, 2.75) is 32.1 Å². The molecule has 1 unspecified atom stereocenters. The van der Waals surface area contributed by atoms with E-state index in [1.54, 1.807) is 11.8 Å². The van der Waals surface area contributed by atoms with Gasteiger partial charge in [-0.1, -0.05) is 26.0 Å². The quantitative estimate of drug-likeness (QED) is 0.827. The van der Waals surface area contributed by atoms with E-state index in [1.165, 1.54) is 0 Å². The smallest absolute Gasteiger partial charge is 0.119 e. The van der Waals surface area contributed by atoms with Crippen molar-refractivity contribution in [3.05, 3.63) is 29.8 Å². The summed E-state index contributed by atoms with van der Waals surface area (Å²) in [5.41, 5.74) is 0.955. The van der Waals surface area contributed by atoms with Crippen LogP contribution in [0.5, 0.6) is 5.75 Å². The Balaban J connectivity index is 2.52. The van der Waals surface area contributed by atoms with Crippen molar-refractivity contribution in [3.63, 3.8) is 0 Å². The lowest BCUT2D eigenvalue weighted by Crippen LogP contribution is -2.03. The van der Waals surface area contributed by atoms with E-state index >= 15 is 0 Å². The molecule has 1 aromatic rings. The van der Waals surface area contributed by atoms with Crippen LogP contribution in [-0.2, 0) is 0 Å². The van der Waals surface area contributed by atoms with Gasteiger partial charge in [0.1, 0.15) is 5.75 Å². The second-order valence-electron chi connectivity index (χ2n) is 3.90. The van der Waals surface area contributed by atoms with Gasteiger partial charge >= 0.3 is 0 Å². The lowest BCUT2D eigenvalue weighted by atomic mass is 10.1. The molecule has 0 amide bonds. The SMILES string of the molecule is CCOc1ccc(C(O)CSC(C)C)cc1. The second kappa shape index (κ2) is 6.81. The monoisotopic (exact) mass is 240 g/mol. The number of benzene rings is 1. The van der Waals surface area contributed by atoms with Gasteiger partial charge in [-0.25, -0.2) is 0 Å². The Morgan fingerprint density at radius 1 is 1.25 bits per heavy atom. The zero-order chi connectivity index (χ0) is 12.0. The largest absolute Gasteiger partial charge is 0.494 e.